The van der Waals surface area contributed by atoms with Gasteiger partial charge in [0.2, 0.25) is 15.9 Å². The van der Waals surface area contributed by atoms with Gasteiger partial charge < -0.3 is 9.15 Å². The number of ether oxygens (including phenoxy) is 1. The molecule has 1 N–H and O–H groups in total. The Kier molecular flexibility index (Phi) is 6.11. The molecule has 4 rings (SSSR count). The summed E-state index contributed by atoms with van der Waals surface area (Å²) >= 11 is 6.13. The van der Waals surface area contributed by atoms with Gasteiger partial charge in [0.15, 0.2) is 11.0 Å². The Hall–Kier alpha value is -3.05. The van der Waals surface area contributed by atoms with Gasteiger partial charge in [-0.05, 0) is 43.2 Å². The molecule has 0 saturated heterocycles. The van der Waals surface area contributed by atoms with Crippen LogP contribution in [-0.2, 0) is 21.0 Å². The number of halogens is 4. The van der Waals surface area contributed by atoms with E-state index in [1.54, 1.807) is 6.07 Å². The van der Waals surface area contributed by atoms with Crippen molar-refractivity contribution in [3.05, 3.63) is 63.3 Å². The van der Waals surface area contributed by atoms with Crippen LogP contribution >= 0.6 is 11.6 Å². The zero-order chi connectivity index (χ0) is 24.8. The molecular weight excluding hydrogens is 499 g/mol. The molecule has 2 aromatic carbocycles. The molecule has 0 atom stereocenters. The summed E-state index contributed by atoms with van der Waals surface area (Å²) < 4.78 is 75.8. The molecule has 7 nitrogen and oxygen atoms in total. The molecule has 34 heavy (non-hydrogen) atoms. The first kappa shape index (κ1) is 24.1. The van der Waals surface area contributed by atoms with Crippen molar-refractivity contribution >= 4 is 38.5 Å². The van der Waals surface area contributed by atoms with Gasteiger partial charge in [0.25, 0.3) is 0 Å². The fraction of sp³-hybridized carbons (Fsp3) is 0.273. The first-order valence-corrected chi connectivity index (χ1v) is 12.2. The minimum atomic E-state index is -4.65. The van der Waals surface area contributed by atoms with Crippen molar-refractivity contribution in [2.45, 2.75) is 25.1 Å². The highest BCUT2D eigenvalue weighted by Crippen LogP contribution is 2.41. The Labute approximate surface area is 196 Å². The molecule has 1 aromatic heterocycles. The number of amides is 1. The lowest BCUT2D eigenvalue weighted by molar-refractivity contribution is -0.137. The van der Waals surface area contributed by atoms with E-state index in [2.05, 4.69) is 0 Å². The van der Waals surface area contributed by atoms with E-state index in [0.717, 1.165) is 30.5 Å². The van der Waals surface area contributed by atoms with Crippen molar-refractivity contribution in [1.29, 1.82) is 0 Å². The number of nitrogens with one attached hydrogen (secondary N) is 1. The predicted octanol–water partition coefficient (Wildman–Crippen LogP) is 4.37. The van der Waals surface area contributed by atoms with Gasteiger partial charge in [-0.15, -0.1) is 0 Å². The minimum Gasteiger partial charge on any atom is -0.490 e. The molecule has 1 aliphatic carbocycles. The van der Waals surface area contributed by atoms with E-state index >= 15 is 0 Å². The molecule has 1 amide bonds. The average molecular weight is 516 g/mol. The molecule has 1 saturated carbocycles. The summed E-state index contributed by atoms with van der Waals surface area (Å²) in [7, 11) is -3.73. The number of rotatable bonds is 5. The van der Waals surface area contributed by atoms with Gasteiger partial charge in [-0.1, -0.05) is 17.7 Å². The van der Waals surface area contributed by atoms with E-state index in [9.17, 15) is 31.2 Å². The number of benzene rings is 2. The SMILES string of the molecule is CS(=O)(=O)NC(=O)[C@H]1C[C@@H](Oc2cc(C(F)(F)F)ccc2-c2cc(=O)c3cccc(Cl)c3o2)C1. The third-order valence-electron chi connectivity index (χ3n) is 5.33. The van der Waals surface area contributed by atoms with Gasteiger partial charge in [-0.25, -0.2) is 8.42 Å². The monoisotopic (exact) mass is 515 g/mol. The lowest BCUT2D eigenvalue weighted by Crippen LogP contribution is -2.45. The quantitative estimate of drug-likeness (QED) is 0.541. The van der Waals surface area contributed by atoms with Crippen LogP contribution in [0, 0.1) is 5.92 Å². The van der Waals surface area contributed by atoms with E-state index in [0.29, 0.717) is 0 Å². The number of para-hydroxylation sites is 1. The minimum absolute atomic E-state index is 0.0417. The Morgan fingerprint density at radius 2 is 1.88 bits per heavy atom. The molecule has 0 spiro atoms. The molecular formula is C22H17ClF3NO6S. The maximum Gasteiger partial charge on any atom is 0.416 e. The molecule has 0 unspecified atom stereocenters. The van der Waals surface area contributed by atoms with Crippen LogP contribution < -0.4 is 14.9 Å². The Bertz CT molecular complexity index is 1450. The fourth-order valence-electron chi connectivity index (χ4n) is 3.60. The van der Waals surface area contributed by atoms with Crippen molar-refractivity contribution in [2.24, 2.45) is 5.92 Å². The number of carbonyl (C=O) groups is 1. The molecule has 1 aliphatic rings. The summed E-state index contributed by atoms with van der Waals surface area (Å²) in [6.45, 7) is 0. The van der Waals surface area contributed by atoms with Crippen LogP contribution in [0.5, 0.6) is 5.75 Å². The standard InChI is InChI=1S/C22H17ClF3NO6S/c1-34(30,31)27-21(29)11-7-13(8-11)32-18-9-12(22(24,25)26)5-6-15(18)19-10-17(28)14-3-2-4-16(23)20(14)33-19/h2-6,9-11,13H,7-8H2,1H3,(H,27,29)/t11-,13+. The number of fused-ring (bicyclic) bond motifs is 1. The summed E-state index contributed by atoms with van der Waals surface area (Å²) in [6, 6.07) is 8.48. The highest BCUT2D eigenvalue weighted by molar-refractivity contribution is 7.89. The molecule has 1 fully saturated rings. The molecule has 180 valence electrons. The summed E-state index contributed by atoms with van der Waals surface area (Å²) in [5.41, 5.74) is -1.24. The van der Waals surface area contributed by atoms with Gasteiger partial charge in [-0.2, -0.15) is 13.2 Å². The molecule has 0 aliphatic heterocycles. The lowest BCUT2D eigenvalue weighted by Gasteiger charge is -2.34. The van der Waals surface area contributed by atoms with Crippen molar-refractivity contribution in [3.63, 3.8) is 0 Å². The second-order valence-corrected chi connectivity index (χ2v) is 10.1. The summed E-state index contributed by atoms with van der Waals surface area (Å²) in [6.07, 6.45) is -4.25. The summed E-state index contributed by atoms with van der Waals surface area (Å²) in [5.74, 6) is -1.61. The van der Waals surface area contributed by atoms with Gasteiger partial charge >= 0.3 is 6.18 Å². The Balaban J connectivity index is 1.68. The third-order valence-corrected chi connectivity index (χ3v) is 6.20. The number of hydrogen-bond acceptors (Lipinski definition) is 6. The summed E-state index contributed by atoms with van der Waals surface area (Å²) in [5, 5.41) is 0.369. The van der Waals surface area contributed by atoms with Crippen molar-refractivity contribution < 1.29 is 35.5 Å². The highest BCUT2D eigenvalue weighted by atomic mass is 35.5. The zero-order valence-corrected chi connectivity index (χ0v) is 19.1. The van der Waals surface area contributed by atoms with Crippen LogP contribution in [0.3, 0.4) is 0 Å². The number of carbonyl (C=O) groups excluding carboxylic acids is 1. The maximum atomic E-state index is 13.3. The number of hydrogen-bond donors (Lipinski definition) is 1. The largest absolute Gasteiger partial charge is 0.490 e. The van der Waals surface area contributed by atoms with Crippen LogP contribution in [0.4, 0.5) is 13.2 Å². The zero-order valence-electron chi connectivity index (χ0n) is 17.5. The van der Waals surface area contributed by atoms with E-state index in [4.69, 9.17) is 20.8 Å². The van der Waals surface area contributed by atoms with Crippen LogP contribution in [0.25, 0.3) is 22.3 Å². The first-order chi connectivity index (χ1) is 15.8. The lowest BCUT2D eigenvalue weighted by atomic mass is 9.82. The van der Waals surface area contributed by atoms with E-state index in [1.807, 2.05) is 4.72 Å². The van der Waals surface area contributed by atoms with Crippen LogP contribution in [0.15, 0.2) is 51.7 Å². The molecule has 12 heteroatoms. The van der Waals surface area contributed by atoms with E-state index in [1.165, 1.54) is 12.1 Å². The van der Waals surface area contributed by atoms with Gasteiger partial charge in [0.05, 0.1) is 27.8 Å². The first-order valence-electron chi connectivity index (χ1n) is 9.94. The van der Waals surface area contributed by atoms with Crippen molar-refractivity contribution in [2.75, 3.05) is 6.26 Å². The third kappa shape index (κ3) is 5.05. The van der Waals surface area contributed by atoms with E-state index in [-0.39, 0.29) is 45.9 Å². The smallest absolute Gasteiger partial charge is 0.416 e. The molecule has 3 aromatic rings. The summed E-state index contributed by atoms with van der Waals surface area (Å²) in [4.78, 5) is 24.5. The predicted molar refractivity (Wildman–Crippen MR) is 118 cm³/mol. The number of alkyl halides is 3. The normalized spacial score (nSPS) is 18.4. The second kappa shape index (κ2) is 8.62. The fourth-order valence-corrected chi connectivity index (χ4v) is 4.34. The van der Waals surface area contributed by atoms with Crippen LogP contribution in [-0.4, -0.2) is 26.7 Å². The number of sulfonamides is 1. The van der Waals surface area contributed by atoms with Gasteiger partial charge in [-0.3, -0.25) is 14.3 Å². The Morgan fingerprint density at radius 1 is 1.18 bits per heavy atom. The van der Waals surface area contributed by atoms with E-state index < -0.39 is 45.1 Å². The van der Waals surface area contributed by atoms with Gasteiger partial charge in [0, 0.05) is 12.0 Å². The average Bonchev–Trinajstić information content (AvgIpc) is 2.68. The van der Waals surface area contributed by atoms with Crippen LogP contribution in [0.2, 0.25) is 5.02 Å². The maximum absolute atomic E-state index is 13.3. The highest BCUT2D eigenvalue weighted by Gasteiger charge is 2.38. The molecule has 0 radical (unpaired) electrons. The topological polar surface area (TPSA) is 103 Å². The Morgan fingerprint density at radius 3 is 2.53 bits per heavy atom. The molecule has 1 heterocycles. The molecule has 0 bridgehead atoms. The van der Waals surface area contributed by atoms with Crippen LogP contribution in [0.1, 0.15) is 18.4 Å². The van der Waals surface area contributed by atoms with Gasteiger partial charge in [0.1, 0.15) is 17.6 Å². The second-order valence-electron chi connectivity index (χ2n) is 7.95. The van der Waals surface area contributed by atoms with Crippen molar-refractivity contribution in [1.82, 2.24) is 4.72 Å². The van der Waals surface area contributed by atoms with Crippen molar-refractivity contribution in [3.8, 4) is 17.1 Å².